The van der Waals surface area contributed by atoms with Crippen molar-refractivity contribution in [2.45, 2.75) is 31.7 Å². The number of anilines is 2. The minimum atomic E-state index is -3.42. The fourth-order valence-electron chi connectivity index (χ4n) is 3.33. The minimum absolute atomic E-state index is 0.0356. The van der Waals surface area contributed by atoms with Gasteiger partial charge in [-0.3, -0.25) is 9.59 Å². The van der Waals surface area contributed by atoms with Gasteiger partial charge in [0.1, 0.15) is 6.04 Å². The Kier molecular flexibility index (Phi) is 5.04. The molecule has 2 aliphatic rings. The van der Waals surface area contributed by atoms with E-state index in [2.05, 4.69) is 5.32 Å². The Morgan fingerprint density at radius 1 is 1.28 bits per heavy atom. The molecule has 0 radical (unpaired) electrons. The molecule has 25 heavy (non-hydrogen) atoms. The molecule has 2 amide bonds. The molecule has 1 N–H and O–H groups in total. The second-order valence-corrected chi connectivity index (χ2v) is 8.68. The van der Waals surface area contributed by atoms with Crippen LogP contribution < -0.4 is 10.2 Å². The number of rotatable bonds is 4. The standard InChI is InChI=1S/C16H20ClN3O4S/c1-25(23,24)20-9-2-4-14(20)16(22)18-11-6-7-13(12(17)10-11)19-8-3-5-15(19)21/h6-7,10,14H,2-5,8-9H2,1H3,(H,18,22). The van der Waals surface area contributed by atoms with Crippen LogP contribution in [0.4, 0.5) is 11.4 Å². The summed E-state index contributed by atoms with van der Waals surface area (Å²) in [5, 5.41) is 3.10. The van der Waals surface area contributed by atoms with E-state index in [0.717, 1.165) is 12.7 Å². The van der Waals surface area contributed by atoms with E-state index in [1.165, 1.54) is 4.31 Å². The van der Waals surface area contributed by atoms with Crippen molar-refractivity contribution in [2.24, 2.45) is 0 Å². The van der Waals surface area contributed by atoms with Crippen LogP contribution in [0.3, 0.4) is 0 Å². The highest BCUT2D eigenvalue weighted by Crippen LogP contribution is 2.32. The summed E-state index contributed by atoms with van der Waals surface area (Å²) in [6, 6.07) is 4.25. The number of amides is 2. The number of carbonyl (C=O) groups excluding carboxylic acids is 2. The van der Waals surface area contributed by atoms with Gasteiger partial charge < -0.3 is 10.2 Å². The van der Waals surface area contributed by atoms with E-state index in [0.29, 0.717) is 48.7 Å². The van der Waals surface area contributed by atoms with Crippen molar-refractivity contribution in [3.05, 3.63) is 23.2 Å². The van der Waals surface area contributed by atoms with Gasteiger partial charge in [0.2, 0.25) is 21.8 Å². The molecule has 1 unspecified atom stereocenters. The number of halogens is 1. The maximum atomic E-state index is 12.5. The van der Waals surface area contributed by atoms with Crippen LogP contribution in [0.5, 0.6) is 0 Å². The SMILES string of the molecule is CS(=O)(=O)N1CCCC1C(=O)Nc1ccc(N2CCCC2=O)c(Cl)c1. The molecule has 2 aliphatic heterocycles. The number of sulfonamides is 1. The van der Waals surface area contributed by atoms with E-state index in [-0.39, 0.29) is 11.8 Å². The summed E-state index contributed by atoms with van der Waals surface area (Å²) in [6.07, 6.45) is 3.57. The van der Waals surface area contributed by atoms with Crippen LogP contribution in [-0.4, -0.2) is 49.9 Å². The van der Waals surface area contributed by atoms with Crippen molar-refractivity contribution in [3.8, 4) is 0 Å². The molecule has 2 heterocycles. The van der Waals surface area contributed by atoms with Crippen LogP contribution in [-0.2, 0) is 19.6 Å². The maximum Gasteiger partial charge on any atom is 0.242 e. The summed E-state index contributed by atoms with van der Waals surface area (Å²) in [4.78, 5) is 25.9. The van der Waals surface area contributed by atoms with Crippen molar-refractivity contribution < 1.29 is 18.0 Å². The Morgan fingerprint density at radius 3 is 2.64 bits per heavy atom. The normalized spacial score (nSPS) is 21.8. The van der Waals surface area contributed by atoms with Crippen LogP contribution in [0.2, 0.25) is 5.02 Å². The number of benzene rings is 1. The molecular weight excluding hydrogens is 366 g/mol. The smallest absolute Gasteiger partial charge is 0.242 e. The lowest BCUT2D eigenvalue weighted by Crippen LogP contribution is -2.42. The molecule has 1 aromatic rings. The van der Waals surface area contributed by atoms with E-state index in [4.69, 9.17) is 11.6 Å². The van der Waals surface area contributed by atoms with Gasteiger partial charge in [0, 0.05) is 25.2 Å². The monoisotopic (exact) mass is 385 g/mol. The third-order valence-electron chi connectivity index (χ3n) is 4.51. The van der Waals surface area contributed by atoms with Gasteiger partial charge in [0.05, 0.1) is 17.0 Å². The predicted octanol–water partition coefficient (Wildman–Crippen LogP) is 1.83. The van der Waals surface area contributed by atoms with Gasteiger partial charge >= 0.3 is 0 Å². The average Bonchev–Trinajstić information content (AvgIpc) is 3.16. The van der Waals surface area contributed by atoms with Gasteiger partial charge in [0.15, 0.2) is 0 Å². The average molecular weight is 386 g/mol. The van der Waals surface area contributed by atoms with Gasteiger partial charge in [-0.15, -0.1) is 0 Å². The predicted molar refractivity (Wildman–Crippen MR) is 96.2 cm³/mol. The first-order chi connectivity index (χ1) is 11.8. The number of nitrogens with zero attached hydrogens (tertiary/aromatic N) is 2. The van der Waals surface area contributed by atoms with Crippen molar-refractivity contribution in [3.63, 3.8) is 0 Å². The summed E-state index contributed by atoms with van der Waals surface area (Å²) in [7, 11) is -3.42. The third-order valence-corrected chi connectivity index (χ3v) is 6.10. The van der Waals surface area contributed by atoms with E-state index in [1.807, 2.05) is 0 Å². The molecule has 2 fully saturated rings. The molecule has 2 saturated heterocycles. The molecular formula is C16H20ClN3O4S. The summed E-state index contributed by atoms with van der Waals surface area (Å²) < 4.78 is 24.8. The quantitative estimate of drug-likeness (QED) is 0.856. The molecule has 136 valence electrons. The first-order valence-corrected chi connectivity index (χ1v) is 10.4. The minimum Gasteiger partial charge on any atom is -0.325 e. The molecule has 3 rings (SSSR count). The topological polar surface area (TPSA) is 86.8 Å². The third kappa shape index (κ3) is 3.80. The molecule has 0 aliphatic carbocycles. The zero-order valence-corrected chi connectivity index (χ0v) is 15.4. The number of hydrogen-bond donors (Lipinski definition) is 1. The van der Waals surface area contributed by atoms with Gasteiger partial charge in [-0.1, -0.05) is 11.6 Å². The Bertz CT molecular complexity index is 812. The van der Waals surface area contributed by atoms with E-state index < -0.39 is 16.1 Å². The highest BCUT2D eigenvalue weighted by Gasteiger charge is 2.36. The fraction of sp³-hybridized carbons (Fsp3) is 0.500. The van der Waals surface area contributed by atoms with E-state index in [9.17, 15) is 18.0 Å². The second-order valence-electron chi connectivity index (χ2n) is 6.34. The highest BCUT2D eigenvalue weighted by atomic mass is 35.5. The molecule has 1 aromatic carbocycles. The molecule has 7 nitrogen and oxygen atoms in total. The molecule has 0 saturated carbocycles. The van der Waals surface area contributed by atoms with Crippen molar-refractivity contribution in [2.75, 3.05) is 29.6 Å². The van der Waals surface area contributed by atoms with E-state index >= 15 is 0 Å². The second kappa shape index (κ2) is 6.93. The van der Waals surface area contributed by atoms with E-state index in [1.54, 1.807) is 23.1 Å². The summed E-state index contributed by atoms with van der Waals surface area (Å²) in [6.45, 7) is 0.989. The van der Waals surface area contributed by atoms with Crippen molar-refractivity contribution in [1.29, 1.82) is 0 Å². The van der Waals surface area contributed by atoms with Crippen LogP contribution in [0.25, 0.3) is 0 Å². The fourth-order valence-corrected chi connectivity index (χ4v) is 4.74. The Labute approximate surface area is 152 Å². The zero-order chi connectivity index (χ0) is 18.2. The number of carbonyl (C=O) groups is 2. The van der Waals surface area contributed by atoms with Gasteiger partial charge in [0.25, 0.3) is 0 Å². The lowest BCUT2D eigenvalue weighted by Gasteiger charge is -2.22. The highest BCUT2D eigenvalue weighted by molar-refractivity contribution is 7.88. The Balaban J connectivity index is 1.74. The van der Waals surface area contributed by atoms with Crippen LogP contribution in [0.15, 0.2) is 18.2 Å². The van der Waals surface area contributed by atoms with Crippen LogP contribution in [0.1, 0.15) is 25.7 Å². The zero-order valence-electron chi connectivity index (χ0n) is 13.9. The van der Waals surface area contributed by atoms with Gasteiger partial charge in [-0.05, 0) is 37.5 Å². The molecule has 9 heteroatoms. The molecule has 0 aromatic heterocycles. The molecule has 0 spiro atoms. The molecule has 1 atom stereocenters. The maximum absolute atomic E-state index is 12.5. The van der Waals surface area contributed by atoms with Gasteiger partial charge in [-0.25, -0.2) is 8.42 Å². The lowest BCUT2D eigenvalue weighted by atomic mass is 10.2. The van der Waals surface area contributed by atoms with Crippen LogP contribution in [0, 0.1) is 0 Å². The summed E-state index contributed by atoms with van der Waals surface area (Å²) in [5.41, 5.74) is 1.10. The Morgan fingerprint density at radius 2 is 2.04 bits per heavy atom. The number of nitrogens with one attached hydrogen (secondary N) is 1. The summed E-state index contributed by atoms with van der Waals surface area (Å²) >= 11 is 6.27. The molecule has 0 bridgehead atoms. The van der Waals surface area contributed by atoms with Crippen LogP contribution >= 0.6 is 11.6 Å². The largest absolute Gasteiger partial charge is 0.325 e. The Hall–Kier alpha value is -1.64. The number of hydrogen-bond acceptors (Lipinski definition) is 4. The summed E-state index contributed by atoms with van der Waals surface area (Å²) in [5.74, 6) is -0.336. The van der Waals surface area contributed by atoms with Gasteiger partial charge in [-0.2, -0.15) is 4.31 Å². The van der Waals surface area contributed by atoms with Crippen molar-refractivity contribution in [1.82, 2.24) is 4.31 Å². The lowest BCUT2D eigenvalue weighted by molar-refractivity contribution is -0.119. The first-order valence-electron chi connectivity index (χ1n) is 8.15. The first kappa shape index (κ1) is 18.2. The van der Waals surface area contributed by atoms with Crippen molar-refractivity contribution >= 4 is 44.8 Å².